The van der Waals surface area contributed by atoms with Crippen molar-refractivity contribution >= 4 is 15.9 Å². The second-order valence-corrected chi connectivity index (χ2v) is 4.62. The molecule has 0 bridgehead atoms. The minimum Gasteiger partial charge on any atom is -0.488 e. The Balaban J connectivity index is 2.17. The molecule has 0 aromatic heterocycles. The maximum atomic E-state index is 13.7. The molecule has 0 aliphatic carbocycles. The number of hydrogen-bond acceptors (Lipinski definition) is 2. The highest BCUT2D eigenvalue weighted by atomic mass is 79.9. The Kier molecular flexibility index (Phi) is 4.33. The van der Waals surface area contributed by atoms with E-state index in [4.69, 9.17) is 4.74 Å². The van der Waals surface area contributed by atoms with Gasteiger partial charge in [-0.05, 0) is 33.6 Å². The molecular weight excluding hydrogens is 299 g/mol. The summed E-state index contributed by atoms with van der Waals surface area (Å²) in [5, 5.41) is 9.18. The van der Waals surface area contributed by atoms with Crippen molar-refractivity contribution in [2.75, 3.05) is 0 Å². The molecule has 0 amide bonds. The monoisotopic (exact) mass is 310 g/mol. The van der Waals surface area contributed by atoms with Crippen molar-refractivity contribution in [1.29, 1.82) is 0 Å². The third-order valence-corrected chi connectivity index (χ3v) is 3.16. The standard InChI is InChI=1S/C14H12BrFO2/c15-12-6-7-13(11(8-17)14(12)16)18-9-10-4-2-1-3-5-10/h1-7,17H,8-9H2. The van der Waals surface area contributed by atoms with E-state index < -0.39 is 12.4 Å². The van der Waals surface area contributed by atoms with Gasteiger partial charge in [0, 0.05) is 0 Å². The number of benzene rings is 2. The maximum Gasteiger partial charge on any atom is 0.146 e. The largest absolute Gasteiger partial charge is 0.488 e. The lowest BCUT2D eigenvalue weighted by Crippen LogP contribution is -2.01. The number of rotatable bonds is 4. The number of aliphatic hydroxyl groups excluding tert-OH is 1. The van der Waals surface area contributed by atoms with E-state index in [1.807, 2.05) is 30.3 Å². The van der Waals surface area contributed by atoms with E-state index in [2.05, 4.69) is 15.9 Å². The van der Waals surface area contributed by atoms with E-state index in [0.29, 0.717) is 16.8 Å². The van der Waals surface area contributed by atoms with Gasteiger partial charge in [0.1, 0.15) is 18.2 Å². The van der Waals surface area contributed by atoms with Crippen molar-refractivity contribution in [3.8, 4) is 5.75 Å². The molecule has 0 unspecified atom stereocenters. The van der Waals surface area contributed by atoms with Crippen LogP contribution in [0.2, 0.25) is 0 Å². The molecule has 0 saturated heterocycles. The van der Waals surface area contributed by atoms with Crippen molar-refractivity contribution in [3.63, 3.8) is 0 Å². The summed E-state index contributed by atoms with van der Waals surface area (Å²) in [5.41, 5.74) is 1.16. The molecule has 2 aromatic carbocycles. The quantitative estimate of drug-likeness (QED) is 0.934. The predicted octanol–water partition coefficient (Wildman–Crippen LogP) is 3.66. The first-order valence-electron chi connectivity index (χ1n) is 5.47. The van der Waals surface area contributed by atoms with Gasteiger partial charge in [-0.25, -0.2) is 4.39 Å². The van der Waals surface area contributed by atoms with E-state index >= 15 is 0 Å². The van der Waals surface area contributed by atoms with Gasteiger partial charge < -0.3 is 9.84 Å². The van der Waals surface area contributed by atoms with E-state index in [1.165, 1.54) is 0 Å². The van der Waals surface area contributed by atoms with Gasteiger partial charge in [-0.2, -0.15) is 0 Å². The molecule has 0 aliphatic rings. The fourth-order valence-electron chi connectivity index (χ4n) is 1.59. The molecule has 2 nitrogen and oxygen atoms in total. The minimum atomic E-state index is -0.483. The predicted molar refractivity (Wildman–Crippen MR) is 70.8 cm³/mol. The fraction of sp³-hybridized carbons (Fsp3) is 0.143. The summed E-state index contributed by atoms with van der Waals surface area (Å²) >= 11 is 3.08. The van der Waals surface area contributed by atoms with Crippen LogP contribution in [0, 0.1) is 5.82 Å². The van der Waals surface area contributed by atoms with Crippen LogP contribution in [0.1, 0.15) is 11.1 Å². The van der Waals surface area contributed by atoms with Crippen LogP contribution in [0.25, 0.3) is 0 Å². The first-order valence-corrected chi connectivity index (χ1v) is 6.26. The first kappa shape index (κ1) is 13.1. The highest BCUT2D eigenvalue weighted by Gasteiger charge is 2.12. The van der Waals surface area contributed by atoms with Crippen LogP contribution >= 0.6 is 15.9 Å². The zero-order valence-electron chi connectivity index (χ0n) is 9.57. The van der Waals surface area contributed by atoms with Gasteiger partial charge in [0.25, 0.3) is 0 Å². The normalized spacial score (nSPS) is 10.4. The summed E-state index contributed by atoms with van der Waals surface area (Å²) in [6.07, 6.45) is 0. The van der Waals surface area contributed by atoms with Gasteiger partial charge >= 0.3 is 0 Å². The average molecular weight is 311 g/mol. The summed E-state index contributed by atoms with van der Waals surface area (Å²) in [6, 6.07) is 12.8. The van der Waals surface area contributed by atoms with Gasteiger partial charge in [-0.15, -0.1) is 0 Å². The third kappa shape index (κ3) is 2.89. The lowest BCUT2D eigenvalue weighted by Gasteiger charge is -2.11. The molecule has 4 heteroatoms. The van der Waals surface area contributed by atoms with E-state index in [0.717, 1.165) is 5.56 Å². The molecule has 0 aliphatic heterocycles. The van der Waals surface area contributed by atoms with Gasteiger partial charge in [0.05, 0.1) is 16.6 Å². The van der Waals surface area contributed by atoms with Crippen LogP contribution in [0.3, 0.4) is 0 Å². The van der Waals surface area contributed by atoms with E-state index in [1.54, 1.807) is 12.1 Å². The number of ether oxygens (including phenoxy) is 1. The van der Waals surface area contributed by atoms with Gasteiger partial charge in [-0.1, -0.05) is 30.3 Å². The summed E-state index contributed by atoms with van der Waals surface area (Å²) in [4.78, 5) is 0. The summed E-state index contributed by atoms with van der Waals surface area (Å²) in [6.45, 7) is -0.0513. The Morgan fingerprint density at radius 2 is 1.83 bits per heavy atom. The van der Waals surface area contributed by atoms with Crippen LogP contribution in [0.15, 0.2) is 46.9 Å². The van der Waals surface area contributed by atoms with Crippen molar-refractivity contribution in [2.24, 2.45) is 0 Å². The summed E-state index contributed by atoms with van der Waals surface area (Å²) < 4.78 is 19.5. The lowest BCUT2D eigenvalue weighted by molar-refractivity contribution is 0.252. The maximum absolute atomic E-state index is 13.7. The van der Waals surface area contributed by atoms with Crippen LogP contribution in [0.4, 0.5) is 4.39 Å². The Hall–Kier alpha value is -1.39. The molecule has 0 heterocycles. The number of aliphatic hydroxyl groups is 1. The number of halogens is 2. The first-order chi connectivity index (χ1) is 8.72. The Labute approximate surface area is 113 Å². The van der Waals surface area contributed by atoms with Gasteiger partial charge in [-0.3, -0.25) is 0 Å². The Morgan fingerprint density at radius 3 is 2.50 bits per heavy atom. The highest BCUT2D eigenvalue weighted by Crippen LogP contribution is 2.28. The molecule has 0 atom stereocenters. The average Bonchev–Trinajstić information content (AvgIpc) is 2.41. The topological polar surface area (TPSA) is 29.5 Å². The third-order valence-electron chi connectivity index (χ3n) is 2.55. The van der Waals surface area contributed by atoms with Crippen LogP contribution in [-0.4, -0.2) is 5.11 Å². The molecule has 0 fully saturated rings. The van der Waals surface area contributed by atoms with Crippen LogP contribution < -0.4 is 4.74 Å². The van der Waals surface area contributed by atoms with Crippen LogP contribution in [0.5, 0.6) is 5.75 Å². The molecule has 1 N–H and O–H groups in total. The molecule has 94 valence electrons. The molecule has 0 radical (unpaired) electrons. The van der Waals surface area contributed by atoms with Gasteiger partial charge in [0.15, 0.2) is 0 Å². The van der Waals surface area contributed by atoms with Crippen molar-refractivity contribution in [2.45, 2.75) is 13.2 Å². The van der Waals surface area contributed by atoms with Crippen molar-refractivity contribution < 1.29 is 14.2 Å². The lowest BCUT2D eigenvalue weighted by atomic mass is 10.2. The smallest absolute Gasteiger partial charge is 0.146 e. The van der Waals surface area contributed by atoms with Crippen molar-refractivity contribution in [1.82, 2.24) is 0 Å². The van der Waals surface area contributed by atoms with Gasteiger partial charge in [0.2, 0.25) is 0 Å². The second kappa shape index (κ2) is 5.98. The summed E-state index contributed by atoms with van der Waals surface area (Å²) in [7, 11) is 0. The second-order valence-electron chi connectivity index (χ2n) is 3.77. The summed E-state index contributed by atoms with van der Waals surface area (Å²) in [5.74, 6) is -0.120. The molecule has 18 heavy (non-hydrogen) atoms. The van der Waals surface area contributed by atoms with Crippen molar-refractivity contribution in [3.05, 3.63) is 63.9 Å². The molecule has 0 saturated carbocycles. The Bertz CT molecular complexity index is 529. The fourth-order valence-corrected chi connectivity index (χ4v) is 1.96. The van der Waals surface area contributed by atoms with Crippen LogP contribution in [-0.2, 0) is 13.2 Å². The zero-order valence-corrected chi connectivity index (χ0v) is 11.2. The zero-order chi connectivity index (χ0) is 13.0. The SMILES string of the molecule is OCc1c(OCc2ccccc2)ccc(Br)c1F. The Morgan fingerprint density at radius 1 is 1.11 bits per heavy atom. The van der Waals surface area contributed by atoms with E-state index in [-0.39, 0.29) is 5.56 Å². The van der Waals surface area contributed by atoms with E-state index in [9.17, 15) is 9.50 Å². The molecule has 2 aromatic rings. The minimum absolute atomic E-state index is 0.167. The molecule has 0 spiro atoms. The highest BCUT2D eigenvalue weighted by molar-refractivity contribution is 9.10. The molecular formula is C14H12BrFO2. The number of hydrogen-bond donors (Lipinski definition) is 1. The molecule has 2 rings (SSSR count).